The quantitative estimate of drug-likeness (QED) is 0.344. The van der Waals surface area contributed by atoms with Crippen LogP contribution in [-0.4, -0.2) is 57.7 Å². The van der Waals surface area contributed by atoms with Crippen molar-refractivity contribution in [2.45, 2.75) is 54.1 Å². The van der Waals surface area contributed by atoms with Crippen molar-refractivity contribution in [2.24, 2.45) is 11.8 Å². The predicted octanol–water partition coefficient (Wildman–Crippen LogP) is 5.54. The summed E-state index contributed by atoms with van der Waals surface area (Å²) < 4.78 is 20.7. The molecular formula is C30H46FN3O2. The van der Waals surface area contributed by atoms with Crippen molar-refractivity contribution < 1.29 is 13.9 Å². The number of anilines is 1. The van der Waals surface area contributed by atoms with Crippen LogP contribution in [0, 0.1) is 31.5 Å². The van der Waals surface area contributed by atoms with Gasteiger partial charge in [0.15, 0.2) is 0 Å². The van der Waals surface area contributed by atoms with Crippen molar-refractivity contribution in [3.63, 3.8) is 0 Å². The zero-order valence-electron chi connectivity index (χ0n) is 23.3. The molecule has 3 rings (SSSR count). The molecule has 2 aromatic rings. The fraction of sp³-hybridized carbons (Fsp3) is 0.567. The Balaban J connectivity index is 0.000000319. The fourth-order valence-electron chi connectivity index (χ4n) is 4.59. The van der Waals surface area contributed by atoms with Crippen LogP contribution >= 0.6 is 0 Å². The maximum atomic E-state index is 14.6. The Morgan fingerprint density at radius 2 is 1.75 bits per heavy atom. The number of carbonyl (C=O) groups excluding carboxylic acids is 1. The van der Waals surface area contributed by atoms with Crippen LogP contribution in [0.3, 0.4) is 0 Å². The third-order valence-corrected chi connectivity index (χ3v) is 6.49. The molecule has 6 heteroatoms. The number of likely N-dealkylation sites (N-methyl/N-ethyl adjacent to an activating group) is 1. The van der Waals surface area contributed by atoms with Gasteiger partial charge in [-0.2, -0.15) is 0 Å². The average molecular weight is 500 g/mol. The molecule has 1 aliphatic rings. The van der Waals surface area contributed by atoms with Gasteiger partial charge in [-0.05, 0) is 56.3 Å². The van der Waals surface area contributed by atoms with E-state index in [9.17, 15) is 9.18 Å². The van der Waals surface area contributed by atoms with Crippen molar-refractivity contribution in [1.82, 2.24) is 10.2 Å². The van der Waals surface area contributed by atoms with Crippen LogP contribution in [0.2, 0.25) is 0 Å². The minimum absolute atomic E-state index is 0.159. The van der Waals surface area contributed by atoms with Crippen molar-refractivity contribution in [1.29, 1.82) is 0 Å². The van der Waals surface area contributed by atoms with Gasteiger partial charge in [0.1, 0.15) is 5.82 Å². The van der Waals surface area contributed by atoms with Crippen LogP contribution < -0.4 is 10.2 Å². The molecule has 1 N–H and O–H groups in total. The third-order valence-electron chi connectivity index (χ3n) is 6.49. The van der Waals surface area contributed by atoms with E-state index in [0.717, 1.165) is 24.4 Å². The topological polar surface area (TPSA) is 44.8 Å². The summed E-state index contributed by atoms with van der Waals surface area (Å²) in [5.41, 5.74) is 5.80. The highest BCUT2D eigenvalue weighted by atomic mass is 19.1. The number of carbonyl (C=O) groups is 1. The summed E-state index contributed by atoms with van der Waals surface area (Å²) in [4.78, 5) is 14.6. The van der Waals surface area contributed by atoms with Gasteiger partial charge in [0.2, 0.25) is 6.41 Å². The van der Waals surface area contributed by atoms with Crippen molar-refractivity contribution >= 4 is 12.1 Å². The molecule has 1 amide bonds. The summed E-state index contributed by atoms with van der Waals surface area (Å²) in [6.07, 6.45) is 1.90. The van der Waals surface area contributed by atoms with Crippen LogP contribution in [0.1, 0.15) is 56.1 Å². The van der Waals surface area contributed by atoms with E-state index in [1.54, 1.807) is 11.0 Å². The van der Waals surface area contributed by atoms with Gasteiger partial charge in [0, 0.05) is 38.3 Å². The first kappa shape index (κ1) is 29.8. The van der Waals surface area contributed by atoms with Crippen molar-refractivity contribution in [2.75, 3.05) is 51.3 Å². The molecule has 0 bridgehead atoms. The highest BCUT2D eigenvalue weighted by Gasteiger charge is 2.27. The average Bonchev–Trinajstić information content (AvgIpc) is 2.84. The number of piperazine rings is 1. The van der Waals surface area contributed by atoms with Gasteiger partial charge in [-0.25, -0.2) is 4.39 Å². The van der Waals surface area contributed by atoms with E-state index in [1.165, 1.54) is 29.2 Å². The molecule has 36 heavy (non-hydrogen) atoms. The smallest absolute Gasteiger partial charge is 0.209 e. The number of ether oxygens (including phenoxy) is 1. The Labute approximate surface area is 218 Å². The number of nitrogens with zero attached hydrogens (tertiary/aromatic N) is 2. The molecule has 0 aliphatic carbocycles. The molecule has 0 aromatic heterocycles. The first-order valence-corrected chi connectivity index (χ1v) is 13.2. The van der Waals surface area contributed by atoms with Gasteiger partial charge >= 0.3 is 0 Å². The molecule has 0 spiro atoms. The maximum absolute atomic E-state index is 14.6. The van der Waals surface area contributed by atoms with Crippen molar-refractivity contribution in [3.8, 4) is 0 Å². The highest BCUT2D eigenvalue weighted by molar-refractivity contribution is 5.57. The van der Waals surface area contributed by atoms with Crippen LogP contribution in [0.5, 0.6) is 0 Å². The number of hydrogen-bond donors (Lipinski definition) is 1. The van der Waals surface area contributed by atoms with E-state index in [-0.39, 0.29) is 17.8 Å². The summed E-state index contributed by atoms with van der Waals surface area (Å²) in [6, 6.07) is 11.9. The number of aryl methyl sites for hydroxylation is 2. The molecule has 1 aliphatic heterocycles. The first-order chi connectivity index (χ1) is 17.2. The molecular weight excluding hydrogens is 453 g/mol. The van der Waals surface area contributed by atoms with E-state index in [2.05, 4.69) is 65.1 Å². The second-order valence-corrected chi connectivity index (χ2v) is 10.5. The van der Waals surface area contributed by atoms with Crippen molar-refractivity contribution in [3.05, 3.63) is 64.5 Å². The third kappa shape index (κ3) is 8.90. The van der Waals surface area contributed by atoms with Crippen LogP contribution in [0.25, 0.3) is 0 Å². The lowest BCUT2D eigenvalue weighted by atomic mass is 9.96. The zero-order valence-corrected chi connectivity index (χ0v) is 23.3. The minimum atomic E-state index is -0.227. The second-order valence-electron chi connectivity index (χ2n) is 10.5. The molecule has 1 unspecified atom stereocenters. The number of nitrogens with one attached hydrogen (secondary N) is 1. The number of para-hydroxylation sites is 1. The number of benzene rings is 2. The monoisotopic (exact) mass is 499 g/mol. The Hall–Kier alpha value is -2.44. The second kappa shape index (κ2) is 15.0. The van der Waals surface area contributed by atoms with E-state index in [1.807, 2.05) is 18.0 Å². The molecule has 0 saturated carbocycles. The molecule has 1 heterocycles. The van der Waals surface area contributed by atoms with Gasteiger partial charge in [0.25, 0.3) is 0 Å². The fourth-order valence-corrected chi connectivity index (χ4v) is 4.59. The number of halogens is 1. The number of rotatable bonds is 10. The maximum Gasteiger partial charge on any atom is 0.209 e. The zero-order chi connectivity index (χ0) is 26.7. The number of amides is 1. The first-order valence-electron chi connectivity index (χ1n) is 13.2. The molecule has 1 saturated heterocycles. The highest BCUT2D eigenvalue weighted by Crippen LogP contribution is 2.35. The molecule has 5 nitrogen and oxygen atoms in total. The summed E-state index contributed by atoms with van der Waals surface area (Å²) in [5, 5.41) is 3.07. The summed E-state index contributed by atoms with van der Waals surface area (Å²) in [5.74, 6) is 0.764. The van der Waals surface area contributed by atoms with E-state index in [4.69, 9.17) is 4.74 Å². The predicted molar refractivity (Wildman–Crippen MR) is 148 cm³/mol. The SMILES string of the molecule is CNCCOC(c1cccc(F)c1N1CCN(C=O)CC1)C(C)C.Cc1ccc(CC(C)C)c(C)c1. The lowest BCUT2D eigenvalue weighted by molar-refractivity contribution is -0.118. The standard InChI is InChI=1S/C18H28FN3O2.C12H18/c1-14(2)18(24-12-7-20-3)15-5-4-6-16(19)17(15)22-10-8-21(13-23)9-11-22;1-9(2)7-12-6-5-10(3)8-11(12)4/h4-6,13-14,18,20H,7-12H2,1-3H3;5-6,8-9H,7H2,1-4H3. The van der Waals surface area contributed by atoms with Gasteiger partial charge in [0.05, 0.1) is 18.4 Å². The van der Waals surface area contributed by atoms with Crippen LogP contribution in [0.15, 0.2) is 36.4 Å². The number of hydrogen-bond acceptors (Lipinski definition) is 4. The summed E-state index contributed by atoms with van der Waals surface area (Å²) in [7, 11) is 1.88. The molecule has 200 valence electrons. The lowest BCUT2D eigenvalue weighted by Crippen LogP contribution is -2.46. The molecule has 2 aromatic carbocycles. The van der Waals surface area contributed by atoms with Gasteiger partial charge in [-0.1, -0.05) is 63.6 Å². The lowest BCUT2D eigenvalue weighted by Gasteiger charge is -2.37. The molecule has 1 fully saturated rings. The Morgan fingerprint density at radius 3 is 2.31 bits per heavy atom. The van der Waals surface area contributed by atoms with Gasteiger partial charge < -0.3 is 19.9 Å². The molecule has 1 atom stereocenters. The van der Waals surface area contributed by atoms with E-state index < -0.39 is 0 Å². The van der Waals surface area contributed by atoms with Gasteiger partial charge in [-0.15, -0.1) is 0 Å². The minimum Gasteiger partial charge on any atom is -0.372 e. The Bertz CT molecular complexity index is 940. The van der Waals surface area contributed by atoms with E-state index >= 15 is 0 Å². The largest absolute Gasteiger partial charge is 0.372 e. The Kier molecular flexibility index (Phi) is 12.4. The van der Waals surface area contributed by atoms with Crippen LogP contribution in [-0.2, 0) is 16.0 Å². The normalized spacial score (nSPS) is 14.6. The van der Waals surface area contributed by atoms with E-state index in [0.29, 0.717) is 38.5 Å². The Morgan fingerprint density at radius 1 is 1.06 bits per heavy atom. The van der Waals surface area contributed by atoms with Gasteiger partial charge in [-0.3, -0.25) is 4.79 Å². The molecule has 0 radical (unpaired) electrons. The summed E-state index contributed by atoms with van der Waals surface area (Å²) >= 11 is 0. The van der Waals surface area contributed by atoms with Crippen LogP contribution in [0.4, 0.5) is 10.1 Å². The summed E-state index contributed by atoms with van der Waals surface area (Å²) in [6.45, 7) is 16.9.